The quantitative estimate of drug-likeness (QED) is 0.481. The standard InChI is InChI=1S/C30H33FN4O2/c1-21-8-9-22(2)25(18-21)27-19-29(23-10-12-24(37-3)13-11-23)35(32-27)30(36)20-33-14-16-34(17-15-33)28-7-5-4-6-26(28)31/h4-13,18,29H,14-17,19-20H2,1-3H3/t29-/m1/s1. The van der Waals surface area contributed by atoms with Crippen molar-refractivity contribution in [3.63, 3.8) is 0 Å². The first-order valence-corrected chi connectivity index (χ1v) is 12.8. The lowest BCUT2D eigenvalue weighted by Crippen LogP contribution is -2.49. The van der Waals surface area contributed by atoms with Crippen LogP contribution in [0, 0.1) is 19.7 Å². The summed E-state index contributed by atoms with van der Waals surface area (Å²) in [5, 5.41) is 6.55. The Bertz CT molecular complexity index is 1300. The second kappa shape index (κ2) is 10.7. The maximum absolute atomic E-state index is 14.2. The Kier molecular flexibility index (Phi) is 7.24. The fourth-order valence-electron chi connectivity index (χ4n) is 5.15. The van der Waals surface area contributed by atoms with E-state index in [9.17, 15) is 9.18 Å². The summed E-state index contributed by atoms with van der Waals surface area (Å²) in [5.41, 5.74) is 5.99. The summed E-state index contributed by atoms with van der Waals surface area (Å²) >= 11 is 0. The molecule has 1 amide bonds. The number of hydrogen-bond donors (Lipinski definition) is 0. The number of hydrazone groups is 1. The molecule has 0 saturated carbocycles. The van der Waals surface area contributed by atoms with Gasteiger partial charge in [-0.25, -0.2) is 9.40 Å². The average Bonchev–Trinajstić information content (AvgIpc) is 3.36. The maximum atomic E-state index is 14.2. The first-order valence-electron chi connectivity index (χ1n) is 12.8. The fraction of sp³-hybridized carbons (Fsp3) is 0.333. The summed E-state index contributed by atoms with van der Waals surface area (Å²) in [4.78, 5) is 17.8. The average molecular weight is 501 g/mol. The molecular weight excluding hydrogens is 467 g/mol. The summed E-state index contributed by atoms with van der Waals surface area (Å²) < 4.78 is 19.6. The molecule has 37 heavy (non-hydrogen) atoms. The van der Waals surface area contributed by atoms with Crippen molar-refractivity contribution >= 4 is 17.3 Å². The zero-order chi connectivity index (χ0) is 25.9. The van der Waals surface area contributed by atoms with Gasteiger partial charge in [-0.2, -0.15) is 5.10 Å². The van der Waals surface area contributed by atoms with Crippen LogP contribution < -0.4 is 9.64 Å². The van der Waals surface area contributed by atoms with Gasteiger partial charge in [-0.1, -0.05) is 42.0 Å². The van der Waals surface area contributed by atoms with Gasteiger partial charge in [0.15, 0.2) is 0 Å². The van der Waals surface area contributed by atoms with Crippen LogP contribution >= 0.6 is 0 Å². The molecule has 2 aliphatic rings. The predicted octanol–water partition coefficient (Wildman–Crippen LogP) is 4.95. The van der Waals surface area contributed by atoms with Crippen LogP contribution in [-0.4, -0.2) is 61.4 Å². The van der Waals surface area contributed by atoms with Gasteiger partial charge in [0.05, 0.1) is 31.1 Å². The lowest BCUT2D eigenvalue weighted by Gasteiger charge is -2.36. The summed E-state index contributed by atoms with van der Waals surface area (Å²) in [6.07, 6.45) is 0.656. The van der Waals surface area contributed by atoms with Crippen molar-refractivity contribution in [2.24, 2.45) is 5.10 Å². The highest BCUT2D eigenvalue weighted by molar-refractivity contribution is 6.04. The van der Waals surface area contributed by atoms with E-state index in [1.165, 1.54) is 11.6 Å². The number of ether oxygens (including phenoxy) is 1. The summed E-state index contributed by atoms with van der Waals surface area (Å²) in [6.45, 7) is 7.16. The molecule has 1 saturated heterocycles. The minimum absolute atomic E-state index is 0.0273. The number of piperazine rings is 1. The molecule has 2 aliphatic heterocycles. The van der Waals surface area contributed by atoms with Gasteiger partial charge in [0.2, 0.25) is 0 Å². The number of hydrogen-bond acceptors (Lipinski definition) is 5. The van der Waals surface area contributed by atoms with Crippen LogP contribution in [0.25, 0.3) is 0 Å². The Morgan fingerprint density at radius 1 is 1.00 bits per heavy atom. The Hall–Kier alpha value is -3.71. The Balaban J connectivity index is 1.34. The van der Waals surface area contributed by atoms with E-state index >= 15 is 0 Å². The summed E-state index contributed by atoms with van der Waals surface area (Å²) in [5.74, 6) is 0.545. The number of anilines is 1. The normalized spacial score (nSPS) is 18.2. The maximum Gasteiger partial charge on any atom is 0.257 e. The molecular formula is C30H33FN4O2. The number of amides is 1. The van der Waals surface area contributed by atoms with Crippen molar-refractivity contribution in [3.05, 3.63) is 94.8 Å². The molecule has 2 heterocycles. The van der Waals surface area contributed by atoms with Crippen LogP contribution in [0.3, 0.4) is 0 Å². The van der Waals surface area contributed by atoms with Crippen LogP contribution in [0.5, 0.6) is 5.75 Å². The first kappa shape index (κ1) is 25.0. The fourth-order valence-corrected chi connectivity index (χ4v) is 5.15. The number of rotatable bonds is 6. The molecule has 0 bridgehead atoms. The van der Waals surface area contributed by atoms with E-state index in [2.05, 4.69) is 36.9 Å². The van der Waals surface area contributed by atoms with Gasteiger partial charge in [-0.05, 0) is 55.3 Å². The SMILES string of the molecule is COc1ccc([C@H]2CC(c3cc(C)ccc3C)=NN2C(=O)CN2CCN(c3ccccc3F)CC2)cc1. The van der Waals surface area contributed by atoms with E-state index in [4.69, 9.17) is 9.84 Å². The predicted molar refractivity (Wildman–Crippen MR) is 145 cm³/mol. The largest absolute Gasteiger partial charge is 0.497 e. The monoisotopic (exact) mass is 500 g/mol. The lowest BCUT2D eigenvalue weighted by molar-refractivity contribution is -0.134. The van der Waals surface area contributed by atoms with Crippen molar-refractivity contribution in [3.8, 4) is 5.75 Å². The van der Waals surface area contributed by atoms with E-state index in [-0.39, 0.29) is 24.3 Å². The third-order valence-electron chi connectivity index (χ3n) is 7.29. The van der Waals surface area contributed by atoms with Crippen molar-refractivity contribution in [2.45, 2.75) is 26.3 Å². The van der Waals surface area contributed by atoms with Gasteiger partial charge in [0.25, 0.3) is 5.91 Å². The van der Waals surface area contributed by atoms with Gasteiger partial charge in [0.1, 0.15) is 11.6 Å². The number of methoxy groups -OCH3 is 1. The van der Waals surface area contributed by atoms with Crippen LogP contribution in [0.15, 0.2) is 71.8 Å². The van der Waals surface area contributed by atoms with Gasteiger partial charge in [-0.15, -0.1) is 0 Å². The number of benzene rings is 3. The van der Waals surface area contributed by atoms with Crippen molar-refractivity contribution in [1.82, 2.24) is 9.91 Å². The van der Waals surface area contributed by atoms with Crippen molar-refractivity contribution in [1.29, 1.82) is 0 Å². The van der Waals surface area contributed by atoms with Crippen LogP contribution in [0.4, 0.5) is 10.1 Å². The van der Waals surface area contributed by atoms with Gasteiger partial charge in [-0.3, -0.25) is 9.69 Å². The number of nitrogens with zero attached hydrogens (tertiary/aromatic N) is 4. The van der Waals surface area contributed by atoms with Crippen molar-refractivity contribution < 1.29 is 13.9 Å². The number of carbonyl (C=O) groups excluding carboxylic acids is 1. The van der Waals surface area contributed by atoms with Gasteiger partial charge >= 0.3 is 0 Å². The number of para-hydroxylation sites is 1. The van der Waals surface area contributed by atoms with E-state index in [1.807, 2.05) is 41.3 Å². The highest BCUT2D eigenvalue weighted by atomic mass is 19.1. The molecule has 0 aliphatic carbocycles. The Morgan fingerprint density at radius 3 is 2.43 bits per heavy atom. The highest BCUT2D eigenvalue weighted by Gasteiger charge is 2.34. The Morgan fingerprint density at radius 2 is 1.73 bits per heavy atom. The first-order chi connectivity index (χ1) is 17.9. The molecule has 192 valence electrons. The molecule has 5 rings (SSSR count). The molecule has 0 aromatic heterocycles. The molecule has 0 N–H and O–H groups in total. The third-order valence-corrected chi connectivity index (χ3v) is 7.29. The molecule has 3 aromatic carbocycles. The topological polar surface area (TPSA) is 48.4 Å². The molecule has 7 heteroatoms. The van der Waals surface area contributed by atoms with E-state index in [0.717, 1.165) is 28.2 Å². The molecule has 1 fully saturated rings. The Labute approximate surface area is 217 Å². The number of carbonyl (C=O) groups is 1. The molecule has 6 nitrogen and oxygen atoms in total. The number of aryl methyl sites for hydroxylation is 2. The summed E-state index contributed by atoms with van der Waals surface area (Å²) in [7, 11) is 1.65. The molecule has 1 atom stereocenters. The van der Waals surface area contributed by atoms with Crippen molar-refractivity contribution in [2.75, 3.05) is 44.7 Å². The summed E-state index contributed by atoms with van der Waals surface area (Å²) in [6, 6.07) is 20.9. The number of halogens is 1. The minimum atomic E-state index is -0.209. The van der Waals surface area contributed by atoms with Crippen LogP contribution in [0.1, 0.15) is 34.7 Å². The van der Waals surface area contributed by atoms with Crippen LogP contribution in [-0.2, 0) is 4.79 Å². The highest BCUT2D eigenvalue weighted by Crippen LogP contribution is 2.34. The van der Waals surface area contributed by atoms with Crippen LogP contribution in [0.2, 0.25) is 0 Å². The lowest BCUT2D eigenvalue weighted by atomic mass is 9.95. The van der Waals surface area contributed by atoms with E-state index in [1.54, 1.807) is 18.2 Å². The van der Waals surface area contributed by atoms with E-state index < -0.39 is 0 Å². The van der Waals surface area contributed by atoms with Gasteiger partial charge < -0.3 is 9.64 Å². The van der Waals surface area contributed by atoms with E-state index in [0.29, 0.717) is 38.3 Å². The molecule has 0 unspecified atom stereocenters. The zero-order valence-corrected chi connectivity index (χ0v) is 21.7. The second-order valence-corrected chi connectivity index (χ2v) is 9.81. The molecule has 0 radical (unpaired) electrons. The second-order valence-electron chi connectivity index (χ2n) is 9.81. The smallest absolute Gasteiger partial charge is 0.257 e. The molecule has 3 aromatic rings. The third kappa shape index (κ3) is 5.37. The van der Waals surface area contributed by atoms with Gasteiger partial charge in [0, 0.05) is 38.2 Å². The molecule has 0 spiro atoms. The minimum Gasteiger partial charge on any atom is -0.497 e. The zero-order valence-electron chi connectivity index (χ0n) is 21.7.